The fraction of sp³-hybridized carbons (Fsp3) is 0. The highest BCUT2D eigenvalue weighted by Crippen LogP contribution is 2.43. The zero-order valence-corrected chi connectivity index (χ0v) is 9.81. The van der Waals surface area contributed by atoms with E-state index in [0.29, 0.717) is 0 Å². The summed E-state index contributed by atoms with van der Waals surface area (Å²) in [5.41, 5.74) is -3.62. The van der Waals surface area contributed by atoms with Crippen LogP contribution in [0.3, 0.4) is 0 Å². The molecule has 0 saturated carbocycles. The van der Waals surface area contributed by atoms with Gasteiger partial charge in [0.15, 0.2) is 27.8 Å². The van der Waals surface area contributed by atoms with Gasteiger partial charge in [-0.05, 0) is 0 Å². The smallest absolute Gasteiger partial charge is 0.281 e. The second kappa shape index (κ2) is 4.31. The Balaban J connectivity index is 2.81. The van der Waals surface area contributed by atoms with E-state index in [2.05, 4.69) is 0 Å². The minimum atomic E-state index is -2.47. The van der Waals surface area contributed by atoms with E-state index in [0.717, 1.165) is 0 Å². The summed E-state index contributed by atoms with van der Waals surface area (Å²) in [7, 11) is 0. The summed E-state index contributed by atoms with van der Waals surface area (Å²) >= 11 is 0. The SMILES string of the molecule is Fc1c(F)c(F)c2c(c1F)c1c(F)c(F)c(F)c(F)c1[o+]2F. The average molecular weight is 331 g/mol. The molecule has 0 atom stereocenters. The molecule has 0 N–H and O–H groups in total. The highest BCUT2D eigenvalue weighted by Gasteiger charge is 2.40. The van der Waals surface area contributed by atoms with Crippen LogP contribution in [-0.2, 0) is 0 Å². The Morgan fingerprint density at radius 1 is 0.409 bits per heavy atom. The molecular weight excluding hydrogens is 331 g/mol. The molecule has 116 valence electrons. The van der Waals surface area contributed by atoms with Crippen molar-refractivity contribution in [3.8, 4) is 0 Å². The molecule has 0 spiro atoms. The molecule has 0 aliphatic carbocycles. The van der Waals surface area contributed by atoms with Gasteiger partial charge >= 0.3 is 11.2 Å². The third-order valence-electron chi connectivity index (χ3n) is 3.06. The van der Waals surface area contributed by atoms with Crippen LogP contribution >= 0.6 is 0 Å². The van der Waals surface area contributed by atoms with E-state index in [9.17, 15) is 39.6 Å². The zero-order chi connectivity index (χ0) is 16.5. The van der Waals surface area contributed by atoms with Crippen molar-refractivity contribution in [2.75, 3.05) is 0 Å². The first-order valence-corrected chi connectivity index (χ1v) is 5.32. The lowest BCUT2D eigenvalue weighted by Crippen LogP contribution is -1.98. The molecule has 0 aliphatic rings. The second-order valence-electron chi connectivity index (χ2n) is 4.18. The number of furan rings is 1. The van der Waals surface area contributed by atoms with E-state index in [1.54, 1.807) is 0 Å². The van der Waals surface area contributed by atoms with Gasteiger partial charge in [-0.3, -0.25) is 4.25 Å². The van der Waals surface area contributed by atoms with E-state index in [-0.39, 0.29) is 4.25 Å². The van der Waals surface area contributed by atoms with E-state index in [1.807, 2.05) is 0 Å². The van der Waals surface area contributed by atoms with Gasteiger partial charge in [-0.25, -0.2) is 17.6 Å². The molecule has 1 nitrogen and oxygen atoms in total. The molecule has 2 aromatic carbocycles. The Morgan fingerprint density at radius 3 is 1.00 bits per heavy atom. The summed E-state index contributed by atoms with van der Waals surface area (Å²) in [6.07, 6.45) is 0. The van der Waals surface area contributed by atoms with Gasteiger partial charge in [-0.2, -0.15) is 17.6 Å². The van der Waals surface area contributed by atoms with Crippen LogP contribution < -0.4 is 0 Å². The number of halogens is 9. The highest BCUT2D eigenvalue weighted by molar-refractivity contribution is 6.06. The van der Waals surface area contributed by atoms with Gasteiger partial charge in [0.05, 0.1) is 0 Å². The number of fused-ring (bicyclic) bond motifs is 3. The summed E-state index contributed by atoms with van der Waals surface area (Å²) in [5, 5.41) is -3.26. The Hall–Kier alpha value is -2.39. The lowest BCUT2D eigenvalue weighted by molar-refractivity contribution is -0.0887. The molecule has 0 aliphatic heterocycles. The van der Waals surface area contributed by atoms with Crippen molar-refractivity contribution in [3.05, 3.63) is 46.5 Å². The van der Waals surface area contributed by atoms with E-state index >= 15 is 0 Å². The maximum atomic E-state index is 13.8. The number of hydrogen-bond acceptors (Lipinski definition) is 0. The molecular formula is C12F9O+. The Morgan fingerprint density at radius 2 is 0.682 bits per heavy atom. The monoisotopic (exact) mass is 331 g/mol. The first-order chi connectivity index (χ1) is 10.2. The Bertz CT molecular complexity index is 896. The van der Waals surface area contributed by atoms with Crippen molar-refractivity contribution in [1.29, 1.82) is 0 Å². The van der Waals surface area contributed by atoms with Gasteiger partial charge in [-0.15, -0.1) is 0 Å². The quantitative estimate of drug-likeness (QED) is 0.233. The van der Waals surface area contributed by atoms with Crippen LogP contribution in [0.5, 0.6) is 0 Å². The van der Waals surface area contributed by atoms with Crippen LogP contribution in [0.25, 0.3) is 21.9 Å². The summed E-state index contributed by atoms with van der Waals surface area (Å²) in [6.45, 7) is 0. The van der Waals surface area contributed by atoms with Gasteiger partial charge in [0.25, 0.3) is 11.6 Å². The number of benzene rings is 2. The van der Waals surface area contributed by atoms with Crippen LogP contribution in [0.1, 0.15) is 0 Å². The van der Waals surface area contributed by atoms with Gasteiger partial charge in [-0.1, -0.05) is 0 Å². The predicted molar refractivity (Wildman–Crippen MR) is 54.5 cm³/mol. The fourth-order valence-corrected chi connectivity index (χ4v) is 2.11. The minimum absolute atomic E-state index is 0.164. The Labute approximate surface area is 113 Å². The van der Waals surface area contributed by atoms with Crippen molar-refractivity contribution in [3.63, 3.8) is 0 Å². The highest BCUT2D eigenvalue weighted by atomic mass is 19.3. The first kappa shape index (κ1) is 14.5. The Kier molecular flexibility index (Phi) is 2.85. The summed E-state index contributed by atoms with van der Waals surface area (Å²) in [6, 6.07) is 0. The third kappa shape index (κ3) is 1.46. The number of hydrogen-bond donors (Lipinski definition) is 0. The van der Waals surface area contributed by atoms with Crippen molar-refractivity contribution in [2.24, 2.45) is 0 Å². The first-order valence-electron chi connectivity index (χ1n) is 5.32. The van der Waals surface area contributed by atoms with Crippen LogP contribution in [0, 0.1) is 46.5 Å². The third-order valence-corrected chi connectivity index (χ3v) is 3.06. The van der Waals surface area contributed by atoms with Crippen molar-refractivity contribution in [2.45, 2.75) is 0 Å². The zero-order valence-electron chi connectivity index (χ0n) is 9.81. The molecule has 22 heavy (non-hydrogen) atoms. The van der Waals surface area contributed by atoms with Crippen molar-refractivity contribution < 1.29 is 43.9 Å². The largest absolute Gasteiger partial charge is 0.364 e. The molecule has 1 aromatic heterocycles. The summed E-state index contributed by atoms with van der Waals surface area (Å²) in [5.74, 6) is -19.2. The minimum Gasteiger partial charge on any atom is -0.281 e. The molecule has 0 radical (unpaired) electrons. The van der Waals surface area contributed by atoms with E-state index in [4.69, 9.17) is 0 Å². The number of rotatable bonds is 0. The molecule has 0 unspecified atom stereocenters. The molecule has 0 fully saturated rings. The molecule has 0 bridgehead atoms. The molecule has 0 saturated heterocycles. The van der Waals surface area contributed by atoms with Crippen LogP contribution in [0.2, 0.25) is 0 Å². The van der Waals surface area contributed by atoms with Gasteiger partial charge in [0.2, 0.25) is 11.6 Å². The fourth-order valence-electron chi connectivity index (χ4n) is 2.11. The summed E-state index contributed by atoms with van der Waals surface area (Å²) in [4.78, 5) is 0. The van der Waals surface area contributed by atoms with Crippen LogP contribution in [0.4, 0.5) is 39.6 Å². The van der Waals surface area contributed by atoms with Gasteiger partial charge in [0.1, 0.15) is 10.8 Å². The maximum Gasteiger partial charge on any atom is 0.364 e. The maximum absolute atomic E-state index is 13.8. The van der Waals surface area contributed by atoms with Crippen molar-refractivity contribution in [1.82, 2.24) is 0 Å². The molecule has 3 rings (SSSR count). The van der Waals surface area contributed by atoms with Gasteiger partial charge in [0, 0.05) is 0 Å². The molecule has 1 heterocycles. The lowest BCUT2D eigenvalue weighted by Gasteiger charge is -1.97. The van der Waals surface area contributed by atoms with Crippen LogP contribution in [0.15, 0.2) is 4.25 Å². The topological polar surface area (TPSA) is 2.70 Å². The van der Waals surface area contributed by atoms with E-state index in [1.165, 1.54) is 0 Å². The van der Waals surface area contributed by atoms with Crippen molar-refractivity contribution >= 4 is 21.9 Å². The standard InChI is InChI=1S/C12F9O/c13-3-1-2-4(14)6(16)8(18)10(20)12(2)22(21)11(1)9(19)7(17)5(3)15/q+1. The van der Waals surface area contributed by atoms with Gasteiger partial charge < -0.3 is 0 Å². The molecule has 10 heteroatoms. The molecule has 0 amide bonds. The normalized spacial score (nSPS) is 11.9. The molecule has 3 aromatic rings. The van der Waals surface area contributed by atoms with Crippen LogP contribution in [-0.4, -0.2) is 0 Å². The predicted octanol–water partition coefficient (Wildman–Crippen LogP) is 5.12. The van der Waals surface area contributed by atoms with E-state index < -0.39 is 68.5 Å². The average Bonchev–Trinajstić information content (AvgIpc) is 2.80. The lowest BCUT2D eigenvalue weighted by atomic mass is 10.1. The second-order valence-corrected chi connectivity index (χ2v) is 4.18. The summed E-state index contributed by atoms with van der Waals surface area (Å²) < 4.78 is 120.